The monoisotopic (exact) mass is 221 g/mol. The number of amides is 1. The zero-order valence-corrected chi connectivity index (χ0v) is 8.46. The van der Waals surface area contributed by atoms with Crippen LogP contribution in [0, 0.1) is 0 Å². The summed E-state index contributed by atoms with van der Waals surface area (Å²) >= 11 is 0. The minimum atomic E-state index is -0.818. The molecule has 1 aliphatic heterocycles. The van der Waals surface area contributed by atoms with Gasteiger partial charge in [0.15, 0.2) is 12.2 Å². The maximum absolute atomic E-state index is 11.3. The van der Waals surface area contributed by atoms with Gasteiger partial charge >= 0.3 is 5.97 Å². The van der Waals surface area contributed by atoms with E-state index in [9.17, 15) is 9.59 Å². The fraction of sp³-hybridized carbons (Fsp3) is 0.273. The summed E-state index contributed by atoms with van der Waals surface area (Å²) in [5.74, 6) is -1.19. The lowest BCUT2D eigenvalue weighted by atomic mass is 10.2. The van der Waals surface area contributed by atoms with Crippen molar-refractivity contribution in [3.05, 3.63) is 35.9 Å². The summed E-state index contributed by atoms with van der Waals surface area (Å²) in [5, 5.41) is 0. The van der Waals surface area contributed by atoms with Crippen LogP contribution < -0.4 is 5.73 Å². The number of carbonyl (C=O) groups excluding carboxylic acids is 2. The molecule has 0 saturated carbocycles. The van der Waals surface area contributed by atoms with Crippen molar-refractivity contribution in [2.45, 2.75) is 18.8 Å². The van der Waals surface area contributed by atoms with Gasteiger partial charge in [-0.05, 0) is 5.56 Å². The van der Waals surface area contributed by atoms with Crippen molar-refractivity contribution >= 4 is 11.9 Å². The first-order chi connectivity index (χ1) is 7.68. The van der Waals surface area contributed by atoms with E-state index in [0.717, 1.165) is 5.56 Å². The van der Waals surface area contributed by atoms with Gasteiger partial charge < -0.3 is 15.2 Å². The smallest absolute Gasteiger partial charge is 0.338 e. The van der Waals surface area contributed by atoms with Gasteiger partial charge in [-0.3, -0.25) is 4.79 Å². The second-order valence-electron chi connectivity index (χ2n) is 3.47. The first-order valence-electron chi connectivity index (χ1n) is 4.84. The van der Waals surface area contributed by atoms with Gasteiger partial charge in [0.2, 0.25) is 5.91 Å². The van der Waals surface area contributed by atoms with Gasteiger partial charge in [0, 0.05) is 0 Å². The van der Waals surface area contributed by atoms with Gasteiger partial charge in [0.05, 0.1) is 0 Å². The molecule has 2 N–H and O–H groups in total. The third-order valence-electron chi connectivity index (χ3n) is 2.23. The van der Waals surface area contributed by atoms with Crippen LogP contribution in [0.15, 0.2) is 30.3 Å². The molecular weight excluding hydrogens is 210 g/mol. The van der Waals surface area contributed by atoms with E-state index in [1.807, 2.05) is 30.3 Å². The average molecular weight is 221 g/mol. The molecule has 0 radical (unpaired) electrons. The number of epoxide rings is 1. The Balaban J connectivity index is 1.80. The van der Waals surface area contributed by atoms with E-state index in [1.54, 1.807) is 0 Å². The molecule has 84 valence electrons. The first kappa shape index (κ1) is 10.6. The Morgan fingerprint density at radius 2 is 1.94 bits per heavy atom. The Morgan fingerprint density at radius 3 is 2.50 bits per heavy atom. The van der Waals surface area contributed by atoms with Crippen molar-refractivity contribution in [1.82, 2.24) is 0 Å². The molecule has 1 amide bonds. The molecule has 0 aromatic heterocycles. The van der Waals surface area contributed by atoms with E-state index in [4.69, 9.17) is 15.2 Å². The fourth-order valence-electron chi connectivity index (χ4n) is 1.32. The van der Waals surface area contributed by atoms with Crippen LogP contribution in [0.4, 0.5) is 0 Å². The second kappa shape index (κ2) is 4.32. The van der Waals surface area contributed by atoms with Crippen LogP contribution in [0.2, 0.25) is 0 Å². The summed E-state index contributed by atoms with van der Waals surface area (Å²) in [5.41, 5.74) is 5.84. The van der Waals surface area contributed by atoms with E-state index in [-0.39, 0.29) is 6.61 Å². The molecule has 16 heavy (non-hydrogen) atoms. The van der Waals surface area contributed by atoms with Crippen molar-refractivity contribution in [3.8, 4) is 0 Å². The highest BCUT2D eigenvalue weighted by Crippen LogP contribution is 2.23. The summed E-state index contributed by atoms with van der Waals surface area (Å²) < 4.78 is 9.74. The van der Waals surface area contributed by atoms with Gasteiger partial charge in [0.25, 0.3) is 0 Å². The Bertz CT molecular complexity index is 404. The van der Waals surface area contributed by atoms with Crippen LogP contribution in [0.1, 0.15) is 5.56 Å². The van der Waals surface area contributed by atoms with Crippen molar-refractivity contribution in [3.63, 3.8) is 0 Å². The molecule has 0 bridgehead atoms. The molecule has 1 saturated heterocycles. The van der Waals surface area contributed by atoms with Crippen LogP contribution in [-0.4, -0.2) is 24.1 Å². The molecule has 5 nitrogen and oxygen atoms in total. The molecule has 1 aliphatic rings. The Kier molecular flexibility index (Phi) is 2.87. The summed E-state index contributed by atoms with van der Waals surface area (Å²) in [7, 11) is 0. The minimum Gasteiger partial charge on any atom is -0.459 e. The number of nitrogens with two attached hydrogens (primary N) is 1. The molecule has 0 spiro atoms. The number of carbonyl (C=O) groups is 2. The van der Waals surface area contributed by atoms with Gasteiger partial charge in [-0.15, -0.1) is 0 Å². The molecule has 2 rings (SSSR count). The van der Waals surface area contributed by atoms with Crippen molar-refractivity contribution in [2.75, 3.05) is 0 Å². The lowest BCUT2D eigenvalue weighted by Crippen LogP contribution is -2.24. The highest BCUT2D eigenvalue weighted by molar-refractivity contribution is 5.91. The minimum absolute atomic E-state index is 0.172. The van der Waals surface area contributed by atoms with Gasteiger partial charge in [-0.25, -0.2) is 4.79 Å². The third-order valence-corrected chi connectivity index (χ3v) is 2.23. The topological polar surface area (TPSA) is 81.9 Å². The molecule has 1 heterocycles. The van der Waals surface area contributed by atoms with E-state index in [0.29, 0.717) is 0 Å². The number of rotatable bonds is 4. The maximum Gasteiger partial charge on any atom is 0.338 e. The lowest BCUT2D eigenvalue weighted by molar-refractivity contribution is -0.146. The molecule has 1 aromatic rings. The van der Waals surface area contributed by atoms with Crippen LogP contribution in [0.25, 0.3) is 0 Å². The van der Waals surface area contributed by atoms with Gasteiger partial charge in [0.1, 0.15) is 6.61 Å². The van der Waals surface area contributed by atoms with Gasteiger partial charge in [-0.1, -0.05) is 30.3 Å². The highest BCUT2D eigenvalue weighted by Gasteiger charge is 2.50. The predicted molar refractivity (Wildman–Crippen MR) is 54.1 cm³/mol. The molecule has 2 unspecified atom stereocenters. The maximum atomic E-state index is 11.3. The van der Waals surface area contributed by atoms with Crippen LogP contribution >= 0.6 is 0 Å². The molecular formula is C11H11NO4. The second-order valence-corrected chi connectivity index (χ2v) is 3.47. The van der Waals surface area contributed by atoms with E-state index >= 15 is 0 Å². The zero-order valence-electron chi connectivity index (χ0n) is 8.46. The Labute approximate surface area is 92.1 Å². The van der Waals surface area contributed by atoms with E-state index in [1.165, 1.54) is 0 Å². The highest BCUT2D eigenvalue weighted by atomic mass is 16.6. The van der Waals surface area contributed by atoms with Crippen LogP contribution in [-0.2, 0) is 25.7 Å². The summed E-state index contributed by atoms with van der Waals surface area (Å²) in [6.07, 6.45) is -1.63. The molecule has 2 atom stereocenters. The summed E-state index contributed by atoms with van der Waals surface area (Å²) in [6.45, 7) is 0.172. The summed E-state index contributed by atoms with van der Waals surface area (Å²) in [4.78, 5) is 22.0. The van der Waals surface area contributed by atoms with E-state index < -0.39 is 24.1 Å². The van der Waals surface area contributed by atoms with Gasteiger partial charge in [-0.2, -0.15) is 0 Å². The predicted octanol–water partition coefficient (Wildman–Crippen LogP) is -0.0175. The number of hydrogen-bond acceptors (Lipinski definition) is 4. The Morgan fingerprint density at radius 1 is 1.25 bits per heavy atom. The normalized spacial score (nSPS) is 22.5. The number of hydrogen-bond donors (Lipinski definition) is 1. The molecule has 5 heteroatoms. The van der Waals surface area contributed by atoms with Crippen molar-refractivity contribution < 1.29 is 19.1 Å². The largest absolute Gasteiger partial charge is 0.459 e. The zero-order chi connectivity index (χ0) is 11.5. The van der Waals surface area contributed by atoms with Crippen LogP contribution in [0.5, 0.6) is 0 Å². The standard InChI is InChI=1S/C11H11NO4/c12-10(13)8-9(16-8)11(14)15-6-7-4-2-1-3-5-7/h1-5,8-9H,6H2,(H2,12,13). The average Bonchev–Trinajstić information content (AvgIpc) is 3.07. The molecule has 1 aromatic carbocycles. The SMILES string of the molecule is NC(=O)C1OC1C(=O)OCc1ccccc1. The van der Waals surface area contributed by atoms with Crippen LogP contribution in [0.3, 0.4) is 0 Å². The summed E-state index contributed by atoms with van der Waals surface area (Å²) in [6, 6.07) is 9.25. The first-order valence-corrected chi connectivity index (χ1v) is 4.84. The number of benzene rings is 1. The molecule has 0 aliphatic carbocycles. The quantitative estimate of drug-likeness (QED) is 0.572. The number of esters is 1. The van der Waals surface area contributed by atoms with Crippen molar-refractivity contribution in [2.24, 2.45) is 5.73 Å². The molecule has 1 fully saturated rings. The Hall–Kier alpha value is -1.88. The lowest BCUT2D eigenvalue weighted by Gasteiger charge is -2.02. The number of primary amides is 1. The fourth-order valence-corrected chi connectivity index (χ4v) is 1.32. The van der Waals surface area contributed by atoms with Crippen molar-refractivity contribution in [1.29, 1.82) is 0 Å². The third kappa shape index (κ3) is 2.38. The number of ether oxygens (including phenoxy) is 2. The van der Waals surface area contributed by atoms with E-state index in [2.05, 4.69) is 0 Å².